The van der Waals surface area contributed by atoms with Gasteiger partial charge in [0.05, 0.1) is 17.9 Å². The second-order valence-electron chi connectivity index (χ2n) is 5.78. The highest BCUT2D eigenvalue weighted by Gasteiger charge is 2.27. The highest BCUT2D eigenvalue weighted by Crippen LogP contribution is 2.33. The fourth-order valence-corrected chi connectivity index (χ4v) is 2.67. The van der Waals surface area contributed by atoms with Crippen LogP contribution in [0.15, 0.2) is 48.7 Å². The first-order valence-electron chi connectivity index (χ1n) is 7.97. The summed E-state index contributed by atoms with van der Waals surface area (Å²) in [6.45, 7) is 1.45. The average molecular weight is 341 g/mol. The number of likely N-dealkylation sites (N-methyl/N-ethyl adjacent to an activating group) is 1. The number of ether oxygens (including phenoxy) is 1. The van der Waals surface area contributed by atoms with Crippen molar-refractivity contribution in [2.24, 2.45) is 0 Å². The van der Waals surface area contributed by atoms with Gasteiger partial charge in [0.15, 0.2) is 0 Å². The van der Waals surface area contributed by atoms with E-state index in [1.165, 1.54) is 12.3 Å². The van der Waals surface area contributed by atoms with E-state index in [1.807, 2.05) is 31.3 Å². The molecule has 0 saturated carbocycles. The smallest absolute Gasteiger partial charge is 0.257 e. The highest BCUT2D eigenvalue weighted by atomic mass is 19.1. The van der Waals surface area contributed by atoms with E-state index in [0.717, 1.165) is 17.9 Å². The van der Waals surface area contributed by atoms with Crippen LogP contribution in [0.4, 0.5) is 21.5 Å². The molecular formula is C19H20FN3O2. The van der Waals surface area contributed by atoms with Gasteiger partial charge in [-0.3, -0.25) is 4.79 Å². The van der Waals surface area contributed by atoms with Gasteiger partial charge in [0, 0.05) is 43.8 Å². The maximum atomic E-state index is 14.0. The topological polar surface area (TPSA) is 53.6 Å². The quantitative estimate of drug-likeness (QED) is 0.792. The third kappa shape index (κ3) is 3.64. The van der Waals surface area contributed by atoms with Gasteiger partial charge in [-0.05, 0) is 36.4 Å². The molecule has 5 nitrogen and oxygen atoms in total. The van der Waals surface area contributed by atoms with E-state index in [-0.39, 0.29) is 11.5 Å². The van der Waals surface area contributed by atoms with Gasteiger partial charge in [0.2, 0.25) is 0 Å². The van der Waals surface area contributed by atoms with Gasteiger partial charge in [-0.25, -0.2) is 4.39 Å². The number of rotatable bonds is 6. The molecule has 6 heteroatoms. The van der Waals surface area contributed by atoms with Crippen LogP contribution in [0.1, 0.15) is 5.56 Å². The number of nitrogens with zero attached hydrogens (tertiary/aromatic N) is 1. The van der Waals surface area contributed by atoms with Crippen LogP contribution in [0.2, 0.25) is 0 Å². The maximum Gasteiger partial charge on any atom is 0.257 e. The molecule has 1 heterocycles. The zero-order valence-corrected chi connectivity index (χ0v) is 14.2. The minimum absolute atomic E-state index is 0.286. The first-order valence-corrected chi connectivity index (χ1v) is 7.97. The van der Waals surface area contributed by atoms with Crippen molar-refractivity contribution >= 4 is 28.5 Å². The Morgan fingerprint density at radius 2 is 2.00 bits per heavy atom. The third-order valence-corrected chi connectivity index (χ3v) is 4.10. The molecule has 1 aliphatic heterocycles. The lowest BCUT2D eigenvalue weighted by molar-refractivity contribution is -0.110. The van der Waals surface area contributed by atoms with Crippen LogP contribution in [0, 0.1) is 5.82 Å². The fourth-order valence-electron chi connectivity index (χ4n) is 2.67. The van der Waals surface area contributed by atoms with Gasteiger partial charge in [-0.1, -0.05) is 6.07 Å². The minimum atomic E-state index is -0.418. The Kier molecular flexibility index (Phi) is 5.00. The lowest BCUT2D eigenvalue weighted by atomic mass is 10.1. The van der Waals surface area contributed by atoms with E-state index in [0.29, 0.717) is 17.9 Å². The number of amides is 1. The van der Waals surface area contributed by atoms with Crippen molar-refractivity contribution < 1.29 is 13.9 Å². The van der Waals surface area contributed by atoms with E-state index in [1.54, 1.807) is 19.2 Å². The summed E-state index contributed by atoms with van der Waals surface area (Å²) in [4.78, 5) is 14.1. The first kappa shape index (κ1) is 17.0. The molecule has 0 spiro atoms. The zero-order valence-electron chi connectivity index (χ0n) is 14.2. The Balaban J connectivity index is 1.74. The lowest BCUT2D eigenvalue weighted by Crippen LogP contribution is -2.21. The molecule has 0 aliphatic carbocycles. The lowest BCUT2D eigenvalue weighted by Gasteiger charge is -2.19. The number of nitrogens with one attached hydrogen (secondary N) is 2. The van der Waals surface area contributed by atoms with E-state index in [2.05, 4.69) is 15.5 Å². The van der Waals surface area contributed by atoms with Crippen molar-refractivity contribution in [3.05, 3.63) is 60.0 Å². The summed E-state index contributed by atoms with van der Waals surface area (Å²) >= 11 is 0. The molecular weight excluding hydrogens is 321 g/mol. The van der Waals surface area contributed by atoms with E-state index >= 15 is 0 Å². The number of carbonyl (C=O) groups excluding carboxylic acids is 1. The van der Waals surface area contributed by atoms with Gasteiger partial charge in [0.25, 0.3) is 5.91 Å². The van der Waals surface area contributed by atoms with Crippen LogP contribution in [0.3, 0.4) is 0 Å². The van der Waals surface area contributed by atoms with E-state index < -0.39 is 5.82 Å². The van der Waals surface area contributed by atoms with Crippen molar-refractivity contribution in [3.8, 4) is 0 Å². The Bertz CT molecular complexity index is 803. The summed E-state index contributed by atoms with van der Waals surface area (Å²) in [5.41, 5.74) is 2.96. The van der Waals surface area contributed by atoms with Crippen molar-refractivity contribution in [1.82, 2.24) is 0 Å². The fraction of sp³-hybridized carbons (Fsp3) is 0.211. The largest absolute Gasteiger partial charge is 0.383 e. The molecule has 2 aromatic rings. The summed E-state index contributed by atoms with van der Waals surface area (Å²) in [6.07, 6.45) is 1.54. The van der Waals surface area contributed by atoms with Gasteiger partial charge in [-0.2, -0.15) is 0 Å². The minimum Gasteiger partial charge on any atom is -0.383 e. The van der Waals surface area contributed by atoms with Gasteiger partial charge in [-0.15, -0.1) is 0 Å². The highest BCUT2D eigenvalue weighted by molar-refractivity contribution is 6.31. The standard InChI is InChI=1S/C19H20FN3O2/c1-23(10-11-25-2)14-8-6-13(7-9-14)21-12-15-18-16(20)4-3-5-17(18)22-19(15)24/h3-9,12,21H,10-11H2,1-2H3,(H,22,24). The second-order valence-corrected chi connectivity index (χ2v) is 5.78. The van der Waals surface area contributed by atoms with Crippen molar-refractivity contribution in [2.75, 3.05) is 42.8 Å². The van der Waals surface area contributed by atoms with E-state index in [4.69, 9.17) is 4.74 Å². The number of hydrogen-bond donors (Lipinski definition) is 2. The average Bonchev–Trinajstić information content (AvgIpc) is 2.95. The van der Waals surface area contributed by atoms with Crippen LogP contribution in [0.25, 0.3) is 5.57 Å². The van der Waals surface area contributed by atoms with Crippen LogP contribution < -0.4 is 15.5 Å². The molecule has 3 rings (SSSR count). The van der Waals surface area contributed by atoms with Gasteiger partial charge >= 0.3 is 0 Å². The Morgan fingerprint density at radius 3 is 2.72 bits per heavy atom. The maximum absolute atomic E-state index is 14.0. The molecule has 1 amide bonds. The molecule has 0 fully saturated rings. The molecule has 0 radical (unpaired) electrons. The number of fused-ring (bicyclic) bond motifs is 1. The number of hydrogen-bond acceptors (Lipinski definition) is 4. The molecule has 0 bridgehead atoms. The Hall–Kier alpha value is -2.86. The predicted molar refractivity (Wildman–Crippen MR) is 98.2 cm³/mol. The van der Waals surface area contributed by atoms with Crippen molar-refractivity contribution in [3.63, 3.8) is 0 Å². The number of benzene rings is 2. The second kappa shape index (κ2) is 7.36. The predicted octanol–water partition coefficient (Wildman–Crippen LogP) is 3.31. The molecule has 2 aromatic carbocycles. The summed E-state index contributed by atoms with van der Waals surface area (Å²) in [6, 6.07) is 12.4. The molecule has 2 N–H and O–H groups in total. The monoisotopic (exact) mass is 341 g/mol. The first-order chi connectivity index (χ1) is 12.1. The molecule has 0 unspecified atom stereocenters. The van der Waals surface area contributed by atoms with E-state index in [9.17, 15) is 9.18 Å². The summed E-state index contributed by atoms with van der Waals surface area (Å²) < 4.78 is 19.1. The van der Waals surface area contributed by atoms with Crippen LogP contribution in [0.5, 0.6) is 0 Å². The molecule has 0 aromatic heterocycles. The van der Waals surface area contributed by atoms with Crippen LogP contribution >= 0.6 is 0 Å². The Labute approximate surface area is 146 Å². The van der Waals surface area contributed by atoms with Crippen LogP contribution in [-0.2, 0) is 9.53 Å². The summed E-state index contributed by atoms with van der Waals surface area (Å²) in [5.74, 6) is -0.734. The van der Waals surface area contributed by atoms with Gasteiger partial charge < -0.3 is 20.3 Å². The zero-order chi connectivity index (χ0) is 17.8. The molecule has 25 heavy (non-hydrogen) atoms. The third-order valence-electron chi connectivity index (χ3n) is 4.10. The molecule has 130 valence electrons. The van der Waals surface area contributed by atoms with Crippen molar-refractivity contribution in [1.29, 1.82) is 0 Å². The number of methoxy groups -OCH3 is 1. The van der Waals surface area contributed by atoms with Gasteiger partial charge in [0.1, 0.15) is 5.82 Å². The molecule has 0 saturated heterocycles. The summed E-state index contributed by atoms with van der Waals surface area (Å²) in [7, 11) is 3.67. The summed E-state index contributed by atoms with van der Waals surface area (Å²) in [5, 5.41) is 5.72. The normalized spacial score (nSPS) is 14.4. The SMILES string of the molecule is COCCN(C)c1ccc(NC=C2C(=O)Nc3cccc(F)c32)cc1. The molecule has 1 aliphatic rings. The Morgan fingerprint density at radius 1 is 1.24 bits per heavy atom. The number of halogens is 1. The molecule has 0 atom stereocenters. The number of carbonyl (C=O) groups is 1. The van der Waals surface area contributed by atoms with Crippen molar-refractivity contribution in [2.45, 2.75) is 0 Å². The van der Waals surface area contributed by atoms with Crippen LogP contribution in [-0.4, -0.2) is 33.2 Å². The number of anilines is 3.